The summed E-state index contributed by atoms with van der Waals surface area (Å²) in [5, 5.41) is 12.7. The van der Waals surface area contributed by atoms with Crippen LogP contribution in [0.1, 0.15) is 34.5 Å². The van der Waals surface area contributed by atoms with E-state index in [2.05, 4.69) is 21.4 Å². The van der Waals surface area contributed by atoms with Crippen molar-refractivity contribution in [2.24, 2.45) is 0 Å². The molecule has 0 bridgehead atoms. The Balaban J connectivity index is 1.33. The Morgan fingerprint density at radius 1 is 1.23 bits per heavy atom. The number of carbonyl (C=O) groups is 2. The second-order valence-electron chi connectivity index (χ2n) is 6.80. The summed E-state index contributed by atoms with van der Waals surface area (Å²) < 4.78 is 5.00. The van der Waals surface area contributed by atoms with Gasteiger partial charge in [-0.05, 0) is 49.5 Å². The number of para-hydroxylation sites is 2. The largest absolute Gasteiger partial charge is 0.452 e. The van der Waals surface area contributed by atoms with Crippen molar-refractivity contribution < 1.29 is 14.3 Å². The molecule has 1 aliphatic carbocycles. The third kappa shape index (κ3) is 4.36. The molecular weight excluding hydrogens is 400 g/mol. The fraction of sp³-hybridized carbons (Fsp3) is 0.227. The SMILES string of the molecule is N#Cc1c(NC(=O)COC(=O)C=Cc2cnc3ccccc3n2)sc2c1CCCC2. The highest BCUT2D eigenvalue weighted by atomic mass is 32.1. The number of amides is 1. The maximum atomic E-state index is 12.2. The zero-order valence-corrected chi connectivity index (χ0v) is 16.9. The molecule has 0 spiro atoms. The van der Waals surface area contributed by atoms with Gasteiger partial charge in [0.05, 0.1) is 28.5 Å². The van der Waals surface area contributed by atoms with Gasteiger partial charge < -0.3 is 10.1 Å². The number of benzene rings is 1. The van der Waals surface area contributed by atoms with Crippen molar-refractivity contribution >= 4 is 45.3 Å². The third-order valence-corrected chi connectivity index (χ3v) is 5.95. The molecule has 0 atom stereocenters. The van der Waals surface area contributed by atoms with Gasteiger partial charge in [0, 0.05) is 11.0 Å². The maximum absolute atomic E-state index is 12.2. The van der Waals surface area contributed by atoms with E-state index in [4.69, 9.17) is 4.74 Å². The Morgan fingerprint density at radius 2 is 2.03 bits per heavy atom. The van der Waals surface area contributed by atoms with Crippen LogP contribution in [0, 0.1) is 11.3 Å². The van der Waals surface area contributed by atoms with Crippen molar-refractivity contribution in [2.45, 2.75) is 25.7 Å². The van der Waals surface area contributed by atoms with Crippen LogP contribution in [0.5, 0.6) is 0 Å². The monoisotopic (exact) mass is 418 g/mol. The number of thiophene rings is 1. The van der Waals surface area contributed by atoms with Crippen LogP contribution in [0.25, 0.3) is 17.1 Å². The third-order valence-electron chi connectivity index (χ3n) is 4.74. The number of fused-ring (bicyclic) bond motifs is 2. The molecule has 2 heterocycles. The Labute approximate surface area is 177 Å². The molecule has 1 aromatic carbocycles. The number of hydrogen-bond acceptors (Lipinski definition) is 7. The van der Waals surface area contributed by atoms with Crippen LogP contribution in [0.15, 0.2) is 36.5 Å². The summed E-state index contributed by atoms with van der Waals surface area (Å²) in [5.74, 6) is -1.14. The molecule has 150 valence electrons. The molecule has 30 heavy (non-hydrogen) atoms. The molecule has 0 saturated heterocycles. The Kier molecular flexibility index (Phi) is 5.82. The summed E-state index contributed by atoms with van der Waals surface area (Å²) in [4.78, 5) is 33.9. The van der Waals surface area contributed by atoms with Crippen LogP contribution in [-0.4, -0.2) is 28.5 Å². The predicted octanol–water partition coefficient (Wildman–Crippen LogP) is 3.64. The molecule has 0 radical (unpaired) electrons. The summed E-state index contributed by atoms with van der Waals surface area (Å²) in [6, 6.07) is 9.61. The minimum Gasteiger partial charge on any atom is -0.452 e. The highest BCUT2D eigenvalue weighted by Gasteiger charge is 2.21. The average molecular weight is 418 g/mol. The predicted molar refractivity (Wildman–Crippen MR) is 114 cm³/mol. The summed E-state index contributed by atoms with van der Waals surface area (Å²) in [7, 11) is 0. The van der Waals surface area contributed by atoms with Gasteiger partial charge in [0.2, 0.25) is 0 Å². The van der Waals surface area contributed by atoms with Crippen molar-refractivity contribution in [3.8, 4) is 6.07 Å². The first kappa shape index (κ1) is 19.7. The van der Waals surface area contributed by atoms with E-state index >= 15 is 0 Å². The molecule has 7 nitrogen and oxygen atoms in total. The number of ether oxygens (including phenoxy) is 1. The van der Waals surface area contributed by atoms with Crippen molar-refractivity contribution in [1.82, 2.24) is 9.97 Å². The first-order valence-corrected chi connectivity index (χ1v) is 10.4. The van der Waals surface area contributed by atoms with Crippen LogP contribution < -0.4 is 5.32 Å². The fourth-order valence-corrected chi connectivity index (χ4v) is 4.58. The molecule has 0 fully saturated rings. The summed E-state index contributed by atoms with van der Waals surface area (Å²) >= 11 is 1.43. The van der Waals surface area contributed by atoms with Crippen LogP contribution in [-0.2, 0) is 27.2 Å². The molecule has 3 aromatic rings. The normalized spacial score (nSPS) is 13.0. The maximum Gasteiger partial charge on any atom is 0.331 e. The Morgan fingerprint density at radius 3 is 2.87 bits per heavy atom. The molecule has 1 aliphatic rings. The van der Waals surface area contributed by atoms with E-state index in [0.717, 1.165) is 47.2 Å². The van der Waals surface area contributed by atoms with Gasteiger partial charge in [0.15, 0.2) is 6.61 Å². The molecule has 1 amide bonds. The van der Waals surface area contributed by atoms with E-state index < -0.39 is 18.5 Å². The van der Waals surface area contributed by atoms with E-state index in [0.29, 0.717) is 16.3 Å². The number of nitrogens with one attached hydrogen (secondary N) is 1. The molecule has 0 saturated carbocycles. The van der Waals surface area contributed by atoms with Crippen LogP contribution in [0.4, 0.5) is 5.00 Å². The topological polar surface area (TPSA) is 105 Å². The van der Waals surface area contributed by atoms with E-state index in [1.807, 2.05) is 24.3 Å². The van der Waals surface area contributed by atoms with Gasteiger partial charge in [-0.1, -0.05) is 12.1 Å². The van der Waals surface area contributed by atoms with E-state index in [9.17, 15) is 14.9 Å². The van der Waals surface area contributed by atoms with Gasteiger partial charge in [-0.3, -0.25) is 9.78 Å². The van der Waals surface area contributed by atoms with Gasteiger partial charge in [-0.15, -0.1) is 11.3 Å². The number of rotatable bonds is 5. The van der Waals surface area contributed by atoms with Crippen LogP contribution in [0.2, 0.25) is 0 Å². The molecule has 8 heteroatoms. The number of nitriles is 1. The Bertz CT molecular complexity index is 1190. The van der Waals surface area contributed by atoms with Crippen molar-refractivity contribution in [1.29, 1.82) is 5.26 Å². The first-order valence-electron chi connectivity index (χ1n) is 9.55. The highest BCUT2D eigenvalue weighted by molar-refractivity contribution is 7.16. The molecule has 2 aromatic heterocycles. The first-order chi connectivity index (χ1) is 14.6. The van der Waals surface area contributed by atoms with Crippen molar-refractivity contribution in [3.63, 3.8) is 0 Å². The number of esters is 1. The van der Waals surface area contributed by atoms with Crippen LogP contribution in [0.3, 0.4) is 0 Å². The number of aryl methyl sites for hydroxylation is 1. The minimum atomic E-state index is -0.661. The van der Waals surface area contributed by atoms with Crippen LogP contribution >= 0.6 is 11.3 Å². The van der Waals surface area contributed by atoms with Gasteiger partial charge in [-0.2, -0.15) is 5.26 Å². The lowest BCUT2D eigenvalue weighted by molar-refractivity contribution is -0.142. The lowest BCUT2D eigenvalue weighted by atomic mass is 9.96. The summed E-state index contributed by atoms with van der Waals surface area (Å²) in [5.41, 5.74) is 3.57. The standard InChI is InChI=1S/C22H18N4O3S/c23-11-16-15-5-1-4-8-19(15)30-22(16)26-20(27)13-29-21(28)10-9-14-12-24-17-6-2-3-7-18(17)25-14/h2-3,6-7,9-10,12H,1,4-5,8,13H2,(H,26,27). The van der Waals surface area contributed by atoms with Gasteiger partial charge in [0.1, 0.15) is 11.1 Å². The number of nitrogens with zero attached hydrogens (tertiary/aromatic N) is 3. The zero-order valence-electron chi connectivity index (χ0n) is 16.1. The van der Waals surface area contributed by atoms with Gasteiger partial charge in [0.25, 0.3) is 5.91 Å². The number of aromatic nitrogens is 2. The fourth-order valence-electron chi connectivity index (χ4n) is 3.32. The smallest absolute Gasteiger partial charge is 0.331 e. The summed E-state index contributed by atoms with van der Waals surface area (Å²) in [6.07, 6.45) is 8.19. The lowest BCUT2D eigenvalue weighted by Gasteiger charge is -2.09. The quantitative estimate of drug-likeness (QED) is 0.501. The highest BCUT2D eigenvalue weighted by Crippen LogP contribution is 2.37. The Hall–Kier alpha value is -3.57. The molecule has 1 N–H and O–H groups in total. The molecule has 4 rings (SSSR count). The molecular formula is C22H18N4O3S. The van der Waals surface area contributed by atoms with Crippen molar-refractivity contribution in [2.75, 3.05) is 11.9 Å². The van der Waals surface area contributed by atoms with E-state index in [-0.39, 0.29) is 0 Å². The molecule has 0 aliphatic heterocycles. The number of anilines is 1. The average Bonchev–Trinajstić information content (AvgIpc) is 3.12. The zero-order chi connectivity index (χ0) is 20.9. The molecule has 0 unspecified atom stereocenters. The van der Waals surface area contributed by atoms with Gasteiger partial charge >= 0.3 is 5.97 Å². The summed E-state index contributed by atoms with van der Waals surface area (Å²) in [6.45, 7) is -0.431. The number of hydrogen-bond donors (Lipinski definition) is 1. The lowest BCUT2D eigenvalue weighted by Crippen LogP contribution is -2.20. The van der Waals surface area contributed by atoms with Gasteiger partial charge in [-0.25, -0.2) is 9.78 Å². The second-order valence-corrected chi connectivity index (χ2v) is 7.90. The van der Waals surface area contributed by atoms with E-state index in [1.165, 1.54) is 23.5 Å². The second kappa shape index (κ2) is 8.84. The number of carbonyl (C=O) groups excluding carboxylic acids is 2. The minimum absolute atomic E-state index is 0.431. The van der Waals surface area contributed by atoms with E-state index in [1.54, 1.807) is 6.20 Å². The van der Waals surface area contributed by atoms with Crippen molar-refractivity contribution in [3.05, 3.63) is 58.2 Å².